The number of allylic oxidation sites excluding steroid dienone is 4. The number of rotatable bonds is 0. The zero-order chi connectivity index (χ0) is 6.97. The monoisotopic (exact) mass is 152 g/mol. The van der Waals surface area contributed by atoms with Crippen LogP contribution in [0.2, 0.25) is 0 Å². The van der Waals surface area contributed by atoms with Gasteiger partial charge < -0.3 is 4.55 Å². The Hall–Kier alpha value is -0.470. The lowest BCUT2D eigenvalue weighted by atomic mass is 10.0. The first-order chi connectivity index (χ1) is 4.88. The van der Waals surface area contributed by atoms with Crippen LogP contribution in [-0.4, -0.2) is 9.80 Å². The first kappa shape index (κ1) is 6.25. The van der Waals surface area contributed by atoms with E-state index in [1.54, 1.807) is 5.41 Å². The molecule has 2 rings (SSSR count). The second-order valence-corrected chi connectivity index (χ2v) is 3.94. The van der Waals surface area contributed by atoms with Gasteiger partial charge in [-0.25, -0.2) is 0 Å². The average molecular weight is 152 g/mol. The Morgan fingerprint density at radius 2 is 1.90 bits per heavy atom. The van der Waals surface area contributed by atoms with Crippen LogP contribution >= 0.6 is 0 Å². The van der Waals surface area contributed by atoms with Crippen LogP contribution in [0.4, 0.5) is 0 Å². The van der Waals surface area contributed by atoms with Crippen molar-refractivity contribution in [2.24, 2.45) is 5.92 Å². The van der Waals surface area contributed by atoms with Gasteiger partial charge in [0.05, 0.1) is 5.92 Å². The molecule has 3 unspecified atom stereocenters. The van der Waals surface area contributed by atoms with Gasteiger partial charge in [-0.1, -0.05) is 18.2 Å². The van der Waals surface area contributed by atoms with Crippen molar-refractivity contribution in [2.45, 2.75) is 5.25 Å². The minimum Gasteiger partial charge on any atom is -0.611 e. The van der Waals surface area contributed by atoms with Crippen molar-refractivity contribution in [3.8, 4) is 0 Å². The largest absolute Gasteiger partial charge is 0.611 e. The van der Waals surface area contributed by atoms with Crippen LogP contribution in [0.1, 0.15) is 0 Å². The molecule has 2 heteroatoms. The van der Waals surface area contributed by atoms with Gasteiger partial charge in [-0.05, 0) is 23.3 Å². The molecular weight excluding hydrogens is 144 g/mol. The van der Waals surface area contributed by atoms with E-state index in [2.05, 4.69) is 6.08 Å². The summed E-state index contributed by atoms with van der Waals surface area (Å²) in [6.45, 7) is 0. The lowest BCUT2D eigenvalue weighted by Gasteiger charge is -2.15. The Kier molecular flexibility index (Phi) is 1.43. The molecule has 0 spiro atoms. The fourth-order valence-electron chi connectivity index (χ4n) is 1.27. The molecule has 0 aromatic heterocycles. The molecule has 0 saturated carbocycles. The highest BCUT2D eigenvalue weighted by molar-refractivity contribution is 7.95. The average Bonchev–Trinajstić information content (AvgIpc) is 2.34. The Morgan fingerprint density at radius 3 is 2.70 bits per heavy atom. The van der Waals surface area contributed by atoms with Crippen molar-refractivity contribution in [1.82, 2.24) is 0 Å². The van der Waals surface area contributed by atoms with E-state index in [0.29, 0.717) is 5.92 Å². The molecule has 2 aliphatic rings. The van der Waals surface area contributed by atoms with Crippen molar-refractivity contribution in [1.29, 1.82) is 0 Å². The lowest BCUT2D eigenvalue weighted by Crippen LogP contribution is -2.19. The minimum atomic E-state index is -0.758. The molecule has 0 aromatic carbocycles. The summed E-state index contributed by atoms with van der Waals surface area (Å²) in [7, 11) is 0. The molecule has 0 fully saturated rings. The van der Waals surface area contributed by atoms with E-state index in [0.717, 1.165) is 0 Å². The predicted molar refractivity (Wildman–Crippen MR) is 42.8 cm³/mol. The van der Waals surface area contributed by atoms with Crippen molar-refractivity contribution >= 4 is 11.2 Å². The highest BCUT2D eigenvalue weighted by Crippen LogP contribution is 2.28. The molecule has 10 heavy (non-hydrogen) atoms. The third kappa shape index (κ3) is 0.842. The summed E-state index contributed by atoms with van der Waals surface area (Å²) in [6, 6.07) is 0. The van der Waals surface area contributed by atoms with Gasteiger partial charge >= 0.3 is 0 Å². The molecule has 1 heterocycles. The van der Waals surface area contributed by atoms with Gasteiger partial charge in [-0.15, -0.1) is 0 Å². The van der Waals surface area contributed by atoms with Gasteiger partial charge in [0.25, 0.3) is 0 Å². The predicted octanol–water partition coefficient (Wildman–Crippen LogP) is 1.37. The van der Waals surface area contributed by atoms with Crippen molar-refractivity contribution in [3.05, 3.63) is 35.8 Å². The van der Waals surface area contributed by atoms with E-state index in [-0.39, 0.29) is 5.25 Å². The summed E-state index contributed by atoms with van der Waals surface area (Å²) < 4.78 is 11.1. The summed E-state index contributed by atoms with van der Waals surface area (Å²) in [5.74, 6) is 0.394. The highest BCUT2D eigenvalue weighted by atomic mass is 32.2. The molecule has 0 amide bonds. The van der Waals surface area contributed by atoms with Gasteiger partial charge in [0, 0.05) is 0 Å². The summed E-state index contributed by atoms with van der Waals surface area (Å²) >= 11 is -0.758. The van der Waals surface area contributed by atoms with E-state index >= 15 is 0 Å². The third-order valence-corrected chi connectivity index (χ3v) is 3.26. The number of fused-ring (bicyclic) bond motifs is 1. The minimum absolute atomic E-state index is 0.227. The Bertz CT molecular complexity index is 217. The Morgan fingerprint density at radius 1 is 1.10 bits per heavy atom. The SMILES string of the molecule is [O-][S+]1C=CC2C=CC=CC21. The van der Waals surface area contributed by atoms with E-state index in [1.807, 2.05) is 24.3 Å². The Labute approximate surface area is 63.3 Å². The molecule has 3 atom stereocenters. The van der Waals surface area contributed by atoms with E-state index in [9.17, 15) is 4.55 Å². The van der Waals surface area contributed by atoms with Crippen molar-refractivity contribution in [2.75, 3.05) is 0 Å². The fraction of sp³-hybridized carbons (Fsp3) is 0.250. The van der Waals surface area contributed by atoms with Gasteiger partial charge in [0.2, 0.25) is 0 Å². The number of hydrogen-bond donors (Lipinski definition) is 0. The number of hydrogen-bond acceptors (Lipinski definition) is 1. The first-order valence-corrected chi connectivity index (χ1v) is 4.58. The molecule has 1 aliphatic carbocycles. The van der Waals surface area contributed by atoms with Crippen molar-refractivity contribution < 1.29 is 4.55 Å². The van der Waals surface area contributed by atoms with Gasteiger partial charge in [0.15, 0.2) is 0 Å². The molecule has 0 N–H and O–H groups in total. The lowest BCUT2D eigenvalue weighted by molar-refractivity contribution is 0.593. The third-order valence-electron chi connectivity index (χ3n) is 1.83. The van der Waals surface area contributed by atoms with Crippen LogP contribution in [0.5, 0.6) is 0 Å². The summed E-state index contributed by atoms with van der Waals surface area (Å²) in [6.07, 6.45) is 10.1. The van der Waals surface area contributed by atoms with Gasteiger partial charge in [-0.3, -0.25) is 0 Å². The molecule has 0 radical (unpaired) electrons. The van der Waals surface area contributed by atoms with E-state index < -0.39 is 11.2 Å². The van der Waals surface area contributed by atoms with Crippen LogP contribution < -0.4 is 0 Å². The maximum Gasteiger partial charge on any atom is 0.148 e. The quantitative estimate of drug-likeness (QED) is 0.481. The van der Waals surface area contributed by atoms with E-state index in [1.165, 1.54) is 0 Å². The second kappa shape index (κ2) is 2.29. The van der Waals surface area contributed by atoms with Crippen LogP contribution in [0.15, 0.2) is 35.8 Å². The zero-order valence-electron chi connectivity index (χ0n) is 5.44. The van der Waals surface area contributed by atoms with Crippen LogP contribution in [0.25, 0.3) is 0 Å². The molecule has 0 aromatic rings. The summed E-state index contributed by atoms with van der Waals surface area (Å²) in [5.41, 5.74) is 0. The van der Waals surface area contributed by atoms with Crippen molar-refractivity contribution in [3.63, 3.8) is 0 Å². The molecule has 1 nitrogen and oxygen atoms in total. The molecule has 1 aliphatic heterocycles. The molecule has 0 saturated heterocycles. The summed E-state index contributed by atoms with van der Waals surface area (Å²) in [4.78, 5) is 0. The summed E-state index contributed by atoms with van der Waals surface area (Å²) in [5, 5.41) is 2.01. The van der Waals surface area contributed by atoms with Gasteiger partial charge in [-0.2, -0.15) is 0 Å². The normalized spacial score (nSPS) is 42.3. The standard InChI is InChI=1S/C8H8OS/c9-10-6-5-7-3-1-2-4-8(7)10/h1-8H. The van der Waals surface area contributed by atoms with Gasteiger partial charge in [0.1, 0.15) is 10.7 Å². The molecule has 52 valence electrons. The second-order valence-electron chi connectivity index (χ2n) is 2.47. The van der Waals surface area contributed by atoms with E-state index in [4.69, 9.17) is 0 Å². The smallest absolute Gasteiger partial charge is 0.148 e. The van der Waals surface area contributed by atoms with Crippen LogP contribution in [0.3, 0.4) is 0 Å². The molecular formula is C8H8OS. The fourth-order valence-corrected chi connectivity index (χ4v) is 2.52. The zero-order valence-corrected chi connectivity index (χ0v) is 6.25. The topological polar surface area (TPSA) is 23.1 Å². The maximum atomic E-state index is 11.1. The Balaban J connectivity index is 2.26. The first-order valence-electron chi connectivity index (χ1n) is 3.30. The maximum absolute atomic E-state index is 11.1. The van der Waals surface area contributed by atoms with Crippen LogP contribution in [0, 0.1) is 5.92 Å². The van der Waals surface area contributed by atoms with Crippen LogP contribution in [-0.2, 0) is 11.2 Å². The highest BCUT2D eigenvalue weighted by Gasteiger charge is 2.31. The molecule has 0 bridgehead atoms.